The Hall–Kier alpha value is -3.35. The van der Waals surface area contributed by atoms with Crippen LogP contribution in [0.2, 0.25) is 0 Å². The number of rotatable bonds is 4. The summed E-state index contributed by atoms with van der Waals surface area (Å²) >= 11 is 0. The lowest BCUT2D eigenvalue weighted by Gasteiger charge is -2.05. The zero-order chi connectivity index (χ0) is 15.5. The van der Waals surface area contributed by atoms with Crippen LogP contribution >= 0.6 is 0 Å². The molecule has 7 nitrogen and oxygen atoms in total. The lowest BCUT2D eigenvalue weighted by molar-refractivity contribution is 0.903. The number of nitrogens with zero attached hydrogens (tertiary/aromatic N) is 6. The Balaban J connectivity index is 1.55. The predicted molar refractivity (Wildman–Crippen MR) is 85.6 cm³/mol. The van der Waals surface area contributed by atoms with Crippen molar-refractivity contribution in [2.75, 3.05) is 5.32 Å². The van der Waals surface area contributed by atoms with Gasteiger partial charge in [-0.2, -0.15) is 0 Å². The molecule has 0 amide bonds. The zero-order valence-electron chi connectivity index (χ0n) is 12.2. The van der Waals surface area contributed by atoms with Crippen LogP contribution in [-0.2, 0) is 6.54 Å². The van der Waals surface area contributed by atoms with E-state index in [0.717, 1.165) is 22.7 Å². The van der Waals surface area contributed by atoms with Gasteiger partial charge in [0.15, 0.2) is 11.5 Å². The van der Waals surface area contributed by atoms with Crippen LogP contribution in [0.15, 0.2) is 61.2 Å². The fraction of sp³-hybridized carbons (Fsp3) is 0.0625. The minimum absolute atomic E-state index is 0.491. The van der Waals surface area contributed by atoms with E-state index in [2.05, 4.69) is 30.5 Å². The van der Waals surface area contributed by atoms with Gasteiger partial charge >= 0.3 is 0 Å². The minimum Gasteiger partial charge on any atom is -0.347 e. The van der Waals surface area contributed by atoms with E-state index < -0.39 is 0 Å². The van der Waals surface area contributed by atoms with Gasteiger partial charge in [0.1, 0.15) is 0 Å². The predicted octanol–water partition coefficient (Wildman–Crippen LogP) is 2.19. The summed E-state index contributed by atoms with van der Waals surface area (Å²) in [5.41, 5.74) is 2.66. The van der Waals surface area contributed by atoms with Crippen LogP contribution in [0.1, 0.15) is 5.82 Å². The van der Waals surface area contributed by atoms with E-state index in [1.54, 1.807) is 18.6 Å². The zero-order valence-corrected chi connectivity index (χ0v) is 12.2. The van der Waals surface area contributed by atoms with Crippen molar-refractivity contribution in [1.82, 2.24) is 29.5 Å². The Kier molecular flexibility index (Phi) is 3.36. The first-order valence-corrected chi connectivity index (χ1v) is 7.16. The molecule has 0 aliphatic rings. The molecule has 0 atom stereocenters. The van der Waals surface area contributed by atoms with Crippen molar-refractivity contribution in [2.45, 2.75) is 6.54 Å². The van der Waals surface area contributed by atoms with Crippen LogP contribution < -0.4 is 5.32 Å². The normalized spacial score (nSPS) is 10.8. The van der Waals surface area contributed by atoms with Gasteiger partial charge in [-0.25, -0.2) is 9.97 Å². The molecule has 0 aliphatic heterocycles. The molecule has 0 bridgehead atoms. The average Bonchev–Trinajstić information content (AvgIpc) is 3.04. The number of pyridine rings is 2. The second-order valence-corrected chi connectivity index (χ2v) is 4.90. The molecule has 0 spiro atoms. The third-order valence-electron chi connectivity index (χ3n) is 3.42. The van der Waals surface area contributed by atoms with Gasteiger partial charge in [0.25, 0.3) is 0 Å². The van der Waals surface area contributed by atoms with Gasteiger partial charge in [-0.1, -0.05) is 6.07 Å². The molecule has 4 aromatic heterocycles. The first kappa shape index (κ1) is 13.3. The smallest absolute Gasteiger partial charge is 0.223 e. The minimum atomic E-state index is 0.491. The number of anilines is 1. The van der Waals surface area contributed by atoms with E-state index >= 15 is 0 Å². The van der Waals surface area contributed by atoms with Gasteiger partial charge in [0.05, 0.1) is 12.2 Å². The molecule has 4 rings (SSSR count). The van der Waals surface area contributed by atoms with E-state index in [1.807, 2.05) is 47.0 Å². The number of aromatic nitrogens is 6. The van der Waals surface area contributed by atoms with Crippen molar-refractivity contribution in [3.05, 3.63) is 67.0 Å². The summed E-state index contributed by atoms with van der Waals surface area (Å²) in [6.07, 6.45) is 7.15. The second-order valence-electron chi connectivity index (χ2n) is 4.90. The van der Waals surface area contributed by atoms with Gasteiger partial charge in [0.2, 0.25) is 5.95 Å². The molecule has 4 heterocycles. The van der Waals surface area contributed by atoms with Crippen LogP contribution in [0.3, 0.4) is 0 Å². The number of hydrogen-bond acceptors (Lipinski definition) is 6. The van der Waals surface area contributed by atoms with Crippen molar-refractivity contribution in [3.63, 3.8) is 0 Å². The summed E-state index contributed by atoms with van der Waals surface area (Å²) < 4.78 is 1.93. The van der Waals surface area contributed by atoms with E-state index in [1.165, 1.54) is 0 Å². The molecule has 23 heavy (non-hydrogen) atoms. The molecule has 7 heteroatoms. The second kappa shape index (κ2) is 5.80. The molecule has 0 unspecified atom stereocenters. The van der Waals surface area contributed by atoms with Crippen molar-refractivity contribution in [1.29, 1.82) is 0 Å². The highest BCUT2D eigenvalue weighted by atomic mass is 15.3. The Morgan fingerprint density at radius 3 is 2.78 bits per heavy atom. The molecule has 1 N–H and O–H groups in total. The first-order chi connectivity index (χ1) is 11.4. The van der Waals surface area contributed by atoms with Crippen molar-refractivity contribution >= 4 is 11.6 Å². The van der Waals surface area contributed by atoms with E-state index in [-0.39, 0.29) is 0 Å². The van der Waals surface area contributed by atoms with Crippen molar-refractivity contribution < 1.29 is 0 Å². The maximum absolute atomic E-state index is 4.52. The molecule has 4 aromatic rings. The third-order valence-corrected chi connectivity index (χ3v) is 3.42. The average molecular weight is 303 g/mol. The highest BCUT2D eigenvalue weighted by molar-refractivity contribution is 5.59. The lowest BCUT2D eigenvalue weighted by Crippen LogP contribution is -2.07. The molecule has 0 saturated heterocycles. The topological polar surface area (TPSA) is 80.9 Å². The van der Waals surface area contributed by atoms with Crippen LogP contribution in [0.4, 0.5) is 5.95 Å². The van der Waals surface area contributed by atoms with Crippen LogP contribution in [-0.4, -0.2) is 29.5 Å². The van der Waals surface area contributed by atoms with Gasteiger partial charge < -0.3 is 5.32 Å². The number of nitrogens with one attached hydrogen (secondary N) is 1. The molecular formula is C16H13N7. The standard InChI is InChI=1S/C16H13N7/c1-2-10-23-14(3-1)21-22-15(23)11-19-16-18-9-6-13(20-16)12-4-7-17-8-5-12/h1-10H,11H2,(H,18,19,20). The van der Waals surface area contributed by atoms with E-state index in [0.29, 0.717) is 12.5 Å². The molecule has 0 aromatic carbocycles. The highest BCUT2D eigenvalue weighted by Crippen LogP contribution is 2.16. The maximum atomic E-state index is 4.52. The Bertz CT molecular complexity index is 933. The number of hydrogen-bond donors (Lipinski definition) is 1. The maximum Gasteiger partial charge on any atom is 0.223 e. The summed E-state index contributed by atoms with van der Waals surface area (Å²) in [7, 11) is 0. The quantitative estimate of drug-likeness (QED) is 0.622. The van der Waals surface area contributed by atoms with Gasteiger partial charge in [-0.15, -0.1) is 10.2 Å². The molecule has 0 fully saturated rings. The first-order valence-electron chi connectivity index (χ1n) is 7.16. The summed E-state index contributed by atoms with van der Waals surface area (Å²) in [6.45, 7) is 0.491. The lowest BCUT2D eigenvalue weighted by atomic mass is 10.2. The van der Waals surface area contributed by atoms with Crippen LogP contribution in [0.25, 0.3) is 16.9 Å². The molecular weight excluding hydrogens is 290 g/mol. The Labute approximate surface area is 132 Å². The summed E-state index contributed by atoms with van der Waals surface area (Å²) in [5.74, 6) is 1.35. The highest BCUT2D eigenvalue weighted by Gasteiger charge is 2.06. The largest absolute Gasteiger partial charge is 0.347 e. The molecule has 112 valence electrons. The van der Waals surface area contributed by atoms with E-state index in [9.17, 15) is 0 Å². The fourth-order valence-corrected chi connectivity index (χ4v) is 2.30. The summed E-state index contributed by atoms with van der Waals surface area (Å²) in [5, 5.41) is 11.5. The van der Waals surface area contributed by atoms with Crippen molar-refractivity contribution in [3.8, 4) is 11.3 Å². The SMILES string of the molecule is c1ccn2c(CNc3nccc(-c4ccncc4)n3)nnc2c1. The van der Waals surface area contributed by atoms with Gasteiger partial charge in [0, 0.05) is 30.4 Å². The molecule has 0 radical (unpaired) electrons. The summed E-state index contributed by atoms with van der Waals surface area (Å²) in [6, 6.07) is 11.5. The fourth-order valence-electron chi connectivity index (χ4n) is 2.30. The molecule has 0 aliphatic carbocycles. The van der Waals surface area contributed by atoms with Gasteiger partial charge in [-0.05, 0) is 30.3 Å². The van der Waals surface area contributed by atoms with E-state index in [4.69, 9.17) is 0 Å². The van der Waals surface area contributed by atoms with Crippen LogP contribution in [0, 0.1) is 0 Å². The molecule has 0 saturated carbocycles. The summed E-state index contributed by atoms with van der Waals surface area (Å²) in [4.78, 5) is 12.8. The third kappa shape index (κ3) is 2.71. The number of fused-ring (bicyclic) bond motifs is 1. The Morgan fingerprint density at radius 2 is 1.87 bits per heavy atom. The van der Waals surface area contributed by atoms with Gasteiger partial charge in [-0.3, -0.25) is 9.38 Å². The Morgan fingerprint density at radius 1 is 0.957 bits per heavy atom. The van der Waals surface area contributed by atoms with Crippen LogP contribution in [0.5, 0.6) is 0 Å². The monoisotopic (exact) mass is 303 g/mol. The van der Waals surface area contributed by atoms with Crippen molar-refractivity contribution in [2.24, 2.45) is 0 Å².